The van der Waals surface area contributed by atoms with Crippen LogP contribution in [0.1, 0.15) is 18.1 Å². The second-order valence-corrected chi connectivity index (χ2v) is 7.16. The third kappa shape index (κ3) is 4.46. The molecule has 0 amide bonds. The van der Waals surface area contributed by atoms with Crippen molar-refractivity contribution in [3.63, 3.8) is 0 Å². The molecule has 0 radical (unpaired) electrons. The Morgan fingerprint density at radius 3 is 2.93 bits per heavy atom. The van der Waals surface area contributed by atoms with Crippen LogP contribution in [-0.4, -0.2) is 16.5 Å². The summed E-state index contributed by atoms with van der Waals surface area (Å²) in [5.74, 6) is 0.742. The normalized spacial score (nSPS) is 10.9. The Morgan fingerprint density at radius 2 is 2.19 bits per heavy atom. The fourth-order valence-corrected chi connectivity index (χ4v) is 3.98. The van der Waals surface area contributed by atoms with Crippen LogP contribution in [-0.2, 0) is 9.53 Å². The molecule has 0 fully saturated rings. The summed E-state index contributed by atoms with van der Waals surface area (Å²) in [6.07, 6.45) is 5.06. The third-order valence-electron chi connectivity index (χ3n) is 3.78. The standard InChI is InChI=1S/C20H15IN2O3S/c1-2-25-20(24)9-6-17-16-10-11-23(27-21)18(16)7-8-19(17)26-15-5-3-4-14(12-15)13-22/h3-12H,2H2,1H3/b9-6+. The number of ether oxygens (including phenoxy) is 2. The van der Waals surface area contributed by atoms with E-state index < -0.39 is 5.97 Å². The molecule has 0 aliphatic carbocycles. The number of halogens is 1. The van der Waals surface area contributed by atoms with Crippen LogP contribution < -0.4 is 4.74 Å². The minimum atomic E-state index is -0.408. The Hall–Kier alpha value is -2.44. The zero-order valence-corrected chi connectivity index (χ0v) is 17.4. The lowest BCUT2D eigenvalue weighted by molar-refractivity contribution is -0.137. The van der Waals surface area contributed by atoms with E-state index >= 15 is 0 Å². The van der Waals surface area contributed by atoms with E-state index in [4.69, 9.17) is 14.7 Å². The predicted octanol–water partition coefficient (Wildman–Crippen LogP) is 5.73. The lowest BCUT2D eigenvalue weighted by Crippen LogP contribution is -1.99. The molecule has 0 saturated heterocycles. The summed E-state index contributed by atoms with van der Waals surface area (Å²) in [6, 6.07) is 14.8. The molecule has 0 N–H and O–H groups in total. The van der Waals surface area contributed by atoms with Gasteiger partial charge in [0.2, 0.25) is 0 Å². The molecule has 0 aliphatic heterocycles. The fraction of sp³-hybridized carbons (Fsp3) is 0.100. The van der Waals surface area contributed by atoms with Gasteiger partial charge in [0, 0.05) is 53.5 Å². The molecule has 0 bridgehead atoms. The number of aromatic nitrogens is 1. The highest BCUT2D eigenvalue weighted by Crippen LogP contribution is 2.35. The van der Waals surface area contributed by atoms with Gasteiger partial charge in [-0.25, -0.2) is 4.79 Å². The van der Waals surface area contributed by atoms with Crippen LogP contribution in [0.4, 0.5) is 0 Å². The maximum atomic E-state index is 11.8. The molecule has 0 atom stereocenters. The number of esters is 1. The number of carbonyl (C=O) groups excluding carboxylic acids is 1. The molecule has 27 heavy (non-hydrogen) atoms. The van der Waals surface area contributed by atoms with Crippen LogP contribution in [0.25, 0.3) is 17.0 Å². The van der Waals surface area contributed by atoms with Gasteiger partial charge in [-0.15, -0.1) is 0 Å². The SMILES string of the molecule is CCOC(=O)/C=C/c1c(Oc2cccc(C#N)c2)ccc2c1ccn2SI. The van der Waals surface area contributed by atoms with Gasteiger partial charge in [-0.05, 0) is 49.4 Å². The molecule has 3 rings (SSSR count). The van der Waals surface area contributed by atoms with Crippen molar-refractivity contribution >= 4 is 53.3 Å². The molecule has 2 aromatic carbocycles. The lowest BCUT2D eigenvalue weighted by Gasteiger charge is -2.11. The Bertz CT molecular complexity index is 1050. The molecular weight excluding hydrogens is 475 g/mol. The van der Waals surface area contributed by atoms with Crippen molar-refractivity contribution in [3.05, 3.63) is 65.9 Å². The highest BCUT2D eigenvalue weighted by Gasteiger charge is 2.12. The maximum Gasteiger partial charge on any atom is 0.330 e. The topological polar surface area (TPSA) is 64.2 Å². The smallest absolute Gasteiger partial charge is 0.330 e. The largest absolute Gasteiger partial charge is 0.463 e. The number of hydrogen-bond donors (Lipinski definition) is 0. The average Bonchev–Trinajstić information content (AvgIpc) is 3.10. The average molecular weight is 490 g/mol. The van der Waals surface area contributed by atoms with Crippen molar-refractivity contribution in [2.24, 2.45) is 0 Å². The van der Waals surface area contributed by atoms with Gasteiger partial charge in [-0.1, -0.05) is 6.07 Å². The van der Waals surface area contributed by atoms with Crippen molar-refractivity contribution in [2.45, 2.75) is 6.92 Å². The first-order chi connectivity index (χ1) is 13.2. The summed E-state index contributed by atoms with van der Waals surface area (Å²) >= 11 is 2.21. The highest BCUT2D eigenvalue weighted by atomic mass is 127. The molecular formula is C20H15IN2O3S. The molecule has 1 heterocycles. The number of hydrogen-bond acceptors (Lipinski definition) is 5. The van der Waals surface area contributed by atoms with Crippen LogP contribution >= 0.6 is 30.3 Å². The number of rotatable bonds is 6. The minimum Gasteiger partial charge on any atom is -0.463 e. The van der Waals surface area contributed by atoms with Crippen molar-refractivity contribution in [3.8, 4) is 17.6 Å². The first-order valence-electron chi connectivity index (χ1n) is 8.12. The predicted molar refractivity (Wildman–Crippen MR) is 116 cm³/mol. The monoisotopic (exact) mass is 490 g/mol. The zero-order valence-electron chi connectivity index (χ0n) is 14.4. The Labute approximate surface area is 173 Å². The fourth-order valence-electron chi connectivity index (χ4n) is 2.61. The molecule has 136 valence electrons. The van der Waals surface area contributed by atoms with E-state index in [-0.39, 0.29) is 0 Å². The van der Waals surface area contributed by atoms with Crippen molar-refractivity contribution in [1.82, 2.24) is 3.97 Å². The van der Waals surface area contributed by atoms with Crippen LogP contribution in [0.5, 0.6) is 11.5 Å². The van der Waals surface area contributed by atoms with Gasteiger partial charge in [-0.3, -0.25) is 3.97 Å². The number of fused-ring (bicyclic) bond motifs is 1. The van der Waals surface area contributed by atoms with Gasteiger partial charge in [0.1, 0.15) is 11.5 Å². The summed E-state index contributed by atoms with van der Waals surface area (Å²) in [4.78, 5) is 11.8. The van der Waals surface area contributed by atoms with E-state index in [2.05, 4.69) is 27.3 Å². The first-order valence-corrected chi connectivity index (χ1v) is 11.4. The van der Waals surface area contributed by atoms with Gasteiger partial charge in [0.25, 0.3) is 0 Å². The molecule has 0 aliphatic rings. The first kappa shape index (κ1) is 19.3. The third-order valence-corrected chi connectivity index (χ3v) is 5.52. The molecule has 0 saturated carbocycles. The van der Waals surface area contributed by atoms with Crippen molar-refractivity contribution in [2.75, 3.05) is 6.61 Å². The summed E-state index contributed by atoms with van der Waals surface area (Å²) in [5.41, 5.74) is 2.30. The summed E-state index contributed by atoms with van der Waals surface area (Å²) in [7, 11) is 1.56. The van der Waals surface area contributed by atoms with Crippen molar-refractivity contribution < 1.29 is 14.3 Å². The number of nitriles is 1. The molecule has 0 unspecified atom stereocenters. The minimum absolute atomic E-state index is 0.319. The summed E-state index contributed by atoms with van der Waals surface area (Å²) in [5, 5.41) is 10.0. The van der Waals surface area contributed by atoms with Gasteiger partial charge >= 0.3 is 5.97 Å². The molecule has 3 aromatic rings. The number of benzene rings is 2. The van der Waals surface area contributed by atoms with Gasteiger partial charge < -0.3 is 9.47 Å². The molecule has 5 nitrogen and oxygen atoms in total. The van der Waals surface area contributed by atoms with Gasteiger partial charge in [-0.2, -0.15) is 5.26 Å². The van der Waals surface area contributed by atoms with E-state index in [9.17, 15) is 4.79 Å². The van der Waals surface area contributed by atoms with E-state index in [0.717, 1.165) is 16.5 Å². The summed E-state index contributed by atoms with van der Waals surface area (Å²) in [6.45, 7) is 2.08. The van der Waals surface area contributed by atoms with Crippen LogP contribution in [0, 0.1) is 11.3 Å². The van der Waals surface area contributed by atoms with Crippen LogP contribution in [0.15, 0.2) is 54.7 Å². The molecule has 1 aromatic heterocycles. The van der Waals surface area contributed by atoms with Crippen LogP contribution in [0.2, 0.25) is 0 Å². The maximum absolute atomic E-state index is 11.8. The second kappa shape index (κ2) is 8.97. The summed E-state index contributed by atoms with van der Waals surface area (Å²) < 4.78 is 13.0. The number of carbonyl (C=O) groups is 1. The van der Waals surface area contributed by atoms with Crippen LogP contribution in [0.3, 0.4) is 0 Å². The molecule has 7 heteroatoms. The highest BCUT2D eigenvalue weighted by molar-refractivity contribution is 14.2. The number of nitrogens with zero attached hydrogens (tertiary/aromatic N) is 2. The molecule has 0 spiro atoms. The van der Waals surface area contributed by atoms with E-state index in [1.807, 2.05) is 28.4 Å². The Kier molecular flexibility index (Phi) is 6.42. The quantitative estimate of drug-likeness (QED) is 0.251. The van der Waals surface area contributed by atoms with Crippen molar-refractivity contribution in [1.29, 1.82) is 5.26 Å². The zero-order chi connectivity index (χ0) is 19.2. The Morgan fingerprint density at radius 1 is 1.33 bits per heavy atom. The lowest BCUT2D eigenvalue weighted by atomic mass is 10.1. The second-order valence-electron chi connectivity index (χ2n) is 5.45. The van der Waals surface area contributed by atoms with Gasteiger partial charge in [0.15, 0.2) is 0 Å². The van der Waals surface area contributed by atoms with E-state index in [1.54, 1.807) is 46.4 Å². The van der Waals surface area contributed by atoms with Gasteiger partial charge in [0.05, 0.1) is 23.8 Å². The van der Waals surface area contributed by atoms with E-state index in [0.29, 0.717) is 23.7 Å². The van der Waals surface area contributed by atoms with E-state index in [1.165, 1.54) is 6.08 Å². The Balaban J connectivity index is 2.06.